The number of rotatable bonds is 4. The van der Waals surface area contributed by atoms with Crippen LogP contribution in [0.4, 0.5) is 0 Å². The Kier molecular flexibility index (Phi) is 4.22. The molecule has 1 aromatic carbocycles. The van der Waals surface area contributed by atoms with Gasteiger partial charge in [-0.1, -0.05) is 30.3 Å². The fourth-order valence-electron chi connectivity index (χ4n) is 2.63. The van der Waals surface area contributed by atoms with Crippen LogP contribution < -0.4 is 10.6 Å². The number of carbonyl (C=O) groups is 2. The highest BCUT2D eigenvalue weighted by atomic mass is 32.1. The van der Waals surface area contributed by atoms with E-state index in [1.807, 2.05) is 24.3 Å². The second kappa shape index (κ2) is 6.29. The predicted octanol–water partition coefficient (Wildman–Crippen LogP) is 1.25. The van der Waals surface area contributed by atoms with Gasteiger partial charge in [-0.25, -0.2) is 0 Å². The van der Waals surface area contributed by atoms with Crippen molar-refractivity contribution in [2.75, 3.05) is 6.54 Å². The molecule has 3 N–H and O–H groups in total. The molecule has 6 heteroatoms. The molecule has 5 nitrogen and oxygen atoms in total. The Morgan fingerprint density at radius 1 is 1.23 bits per heavy atom. The van der Waals surface area contributed by atoms with Gasteiger partial charge in [-0.05, 0) is 22.6 Å². The standard InChI is InChI=1S/C16H16N2O3S/c19-12-8-10-4-1-2-5-11(10)15(12)18-14(20)9-17-16(21)13-6-3-7-22-13/h1-7,12,15,19H,8-9H2,(H,17,21)(H,18,20). The van der Waals surface area contributed by atoms with Crippen molar-refractivity contribution in [2.45, 2.75) is 18.6 Å². The molecule has 0 aliphatic heterocycles. The van der Waals surface area contributed by atoms with Crippen LogP contribution in [0, 0.1) is 0 Å². The number of benzene rings is 1. The largest absolute Gasteiger partial charge is 0.390 e. The van der Waals surface area contributed by atoms with Crippen molar-refractivity contribution in [3.8, 4) is 0 Å². The summed E-state index contributed by atoms with van der Waals surface area (Å²) in [5.41, 5.74) is 1.98. The maximum atomic E-state index is 12.0. The SMILES string of the molecule is O=C(CNC(=O)c1cccs1)NC1c2ccccc2CC1O. The molecule has 2 unspecified atom stereocenters. The third-order valence-electron chi connectivity index (χ3n) is 3.67. The van der Waals surface area contributed by atoms with Gasteiger partial charge in [0.05, 0.1) is 23.6 Å². The van der Waals surface area contributed by atoms with Gasteiger partial charge in [0.1, 0.15) is 0 Å². The maximum absolute atomic E-state index is 12.0. The number of amides is 2. The van der Waals surface area contributed by atoms with E-state index in [9.17, 15) is 14.7 Å². The maximum Gasteiger partial charge on any atom is 0.261 e. The fraction of sp³-hybridized carbons (Fsp3) is 0.250. The molecule has 1 heterocycles. The zero-order chi connectivity index (χ0) is 15.5. The smallest absolute Gasteiger partial charge is 0.261 e. The monoisotopic (exact) mass is 316 g/mol. The minimum Gasteiger partial charge on any atom is -0.390 e. The summed E-state index contributed by atoms with van der Waals surface area (Å²) in [7, 11) is 0. The van der Waals surface area contributed by atoms with E-state index in [2.05, 4.69) is 10.6 Å². The second-order valence-electron chi connectivity index (χ2n) is 5.18. The Labute approximate surface area is 132 Å². The highest BCUT2D eigenvalue weighted by Crippen LogP contribution is 2.30. The molecule has 0 saturated carbocycles. The van der Waals surface area contributed by atoms with Gasteiger partial charge in [0.2, 0.25) is 5.91 Å². The molecule has 0 fully saturated rings. The van der Waals surface area contributed by atoms with Gasteiger partial charge < -0.3 is 15.7 Å². The average Bonchev–Trinajstić information content (AvgIpc) is 3.14. The van der Waals surface area contributed by atoms with Crippen molar-refractivity contribution in [1.82, 2.24) is 10.6 Å². The fourth-order valence-corrected chi connectivity index (χ4v) is 3.27. The summed E-state index contributed by atoms with van der Waals surface area (Å²) >= 11 is 1.32. The Morgan fingerprint density at radius 3 is 2.82 bits per heavy atom. The molecule has 2 aromatic rings. The summed E-state index contributed by atoms with van der Waals surface area (Å²) < 4.78 is 0. The van der Waals surface area contributed by atoms with E-state index in [0.29, 0.717) is 11.3 Å². The predicted molar refractivity (Wildman–Crippen MR) is 83.7 cm³/mol. The molecular formula is C16H16N2O3S. The molecular weight excluding hydrogens is 300 g/mol. The lowest BCUT2D eigenvalue weighted by molar-refractivity contribution is -0.121. The molecule has 22 heavy (non-hydrogen) atoms. The summed E-state index contributed by atoms with van der Waals surface area (Å²) in [6, 6.07) is 10.7. The van der Waals surface area contributed by atoms with Crippen LogP contribution in [0.15, 0.2) is 41.8 Å². The number of fused-ring (bicyclic) bond motifs is 1. The summed E-state index contributed by atoms with van der Waals surface area (Å²) in [5, 5.41) is 17.3. The van der Waals surface area contributed by atoms with Crippen molar-refractivity contribution in [3.63, 3.8) is 0 Å². The quantitative estimate of drug-likeness (QED) is 0.794. The van der Waals surface area contributed by atoms with Crippen molar-refractivity contribution in [3.05, 3.63) is 57.8 Å². The Hall–Kier alpha value is -2.18. The molecule has 0 radical (unpaired) electrons. The molecule has 2 atom stereocenters. The van der Waals surface area contributed by atoms with E-state index in [1.165, 1.54) is 11.3 Å². The first-order valence-corrected chi connectivity index (χ1v) is 7.90. The normalized spacial score (nSPS) is 19.5. The van der Waals surface area contributed by atoms with Crippen LogP contribution in [-0.2, 0) is 11.2 Å². The Balaban J connectivity index is 1.57. The number of aliphatic hydroxyl groups excluding tert-OH is 1. The van der Waals surface area contributed by atoms with Gasteiger partial charge in [-0.2, -0.15) is 0 Å². The first-order chi connectivity index (χ1) is 10.6. The Bertz CT molecular complexity index is 684. The van der Waals surface area contributed by atoms with Crippen molar-refractivity contribution in [2.24, 2.45) is 0 Å². The number of carbonyl (C=O) groups excluding carboxylic acids is 2. The molecule has 0 bridgehead atoms. The molecule has 1 aromatic heterocycles. The molecule has 114 valence electrons. The van der Waals surface area contributed by atoms with Crippen molar-refractivity contribution >= 4 is 23.2 Å². The first kappa shape index (κ1) is 14.7. The van der Waals surface area contributed by atoms with E-state index < -0.39 is 12.1 Å². The van der Waals surface area contributed by atoms with Gasteiger partial charge in [-0.15, -0.1) is 11.3 Å². The Morgan fingerprint density at radius 2 is 2.05 bits per heavy atom. The van der Waals surface area contributed by atoms with Crippen LogP contribution in [-0.4, -0.2) is 29.6 Å². The summed E-state index contributed by atoms with van der Waals surface area (Å²) in [5.74, 6) is -0.580. The van der Waals surface area contributed by atoms with Gasteiger partial charge in [-0.3, -0.25) is 9.59 Å². The van der Waals surface area contributed by atoms with Crippen LogP contribution in [0.1, 0.15) is 26.8 Å². The lowest BCUT2D eigenvalue weighted by atomic mass is 10.1. The van der Waals surface area contributed by atoms with Crippen LogP contribution in [0.2, 0.25) is 0 Å². The van der Waals surface area contributed by atoms with Crippen molar-refractivity contribution < 1.29 is 14.7 Å². The van der Waals surface area contributed by atoms with E-state index in [0.717, 1.165) is 11.1 Å². The average molecular weight is 316 g/mol. The summed E-state index contributed by atoms with van der Waals surface area (Å²) in [4.78, 5) is 24.3. The number of aliphatic hydroxyl groups is 1. The van der Waals surface area contributed by atoms with E-state index in [4.69, 9.17) is 0 Å². The van der Waals surface area contributed by atoms with Gasteiger partial charge in [0, 0.05) is 6.42 Å². The van der Waals surface area contributed by atoms with Gasteiger partial charge in [0.25, 0.3) is 5.91 Å². The van der Waals surface area contributed by atoms with Crippen molar-refractivity contribution in [1.29, 1.82) is 0 Å². The topological polar surface area (TPSA) is 78.4 Å². The molecule has 1 aliphatic carbocycles. The van der Waals surface area contributed by atoms with E-state index in [-0.39, 0.29) is 18.4 Å². The molecule has 0 spiro atoms. The van der Waals surface area contributed by atoms with Crippen LogP contribution in [0.25, 0.3) is 0 Å². The lowest BCUT2D eigenvalue weighted by Gasteiger charge is -2.18. The molecule has 2 amide bonds. The van der Waals surface area contributed by atoms with E-state index in [1.54, 1.807) is 17.5 Å². The lowest BCUT2D eigenvalue weighted by Crippen LogP contribution is -2.40. The number of nitrogens with one attached hydrogen (secondary N) is 2. The molecule has 0 saturated heterocycles. The number of hydrogen-bond acceptors (Lipinski definition) is 4. The first-order valence-electron chi connectivity index (χ1n) is 7.02. The zero-order valence-electron chi connectivity index (χ0n) is 11.8. The highest BCUT2D eigenvalue weighted by Gasteiger charge is 2.31. The van der Waals surface area contributed by atoms with Crippen LogP contribution in [0.5, 0.6) is 0 Å². The van der Waals surface area contributed by atoms with Gasteiger partial charge in [0.15, 0.2) is 0 Å². The zero-order valence-corrected chi connectivity index (χ0v) is 12.6. The second-order valence-corrected chi connectivity index (χ2v) is 6.12. The van der Waals surface area contributed by atoms with Crippen LogP contribution in [0.3, 0.4) is 0 Å². The minimum atomic E-state index is -0.630. The number of thiophene rings is 1. The third-order valence-corrected chi connectivity index (χ3v) is 4.54. The summed E-state index contributed by atoms with van der Waals surface area (Å²) in [6.07, 6.45) is -0.0998. The van der Waals surface area contributed by atoms with Crippen LogP contribution >= 0.6 is 11.3 Å². The van der Waals surface area contributed by atoms with Gasteiger partial charge >= 0.3 is 0 Å². The minimum absolute atomic E-state index is 0.109. The summed E-state index contributed by atoms with van der Waals surface area (Å²) in [6.45, 7) is -0.109. The number of hydrogen-bond donors (Lipinski definition) is 3. The third kappa shape index (κ3) is 3.03. The molecule has 3 rings (SSSR count). The highest BCUT2D eigenvalue weighted by molar-refractivity contribution is 7.12. The van der Waals surface area contributed by atoms with E-state index >= 15 is 0 Å². The molecule has 1 aliphatic rings.